The molecule has 2 unspecified atom stereocenters. The van der Waals surface area contributed by atoms with Crippen LogP contribution in [0.5, 0.6) is 0 Å². The molecule has 0 rings (SSSR count). The minimum absolute atomic E-state index is 0.0581. The predicted molar refractivity (Wildman–Crippen MR) is 81.1 cm³/mol. The second kappa shape index (κ2) is 7.28. The van der Waals surface area contributed by atoms with E-state index in [4.69, 9.17) is 4.74 Å². The highest BCUT2D eigenvalue weighted by molar-refractivity contribution is 5.77. The molecule has 0 aromatic heterocycles. The molecule has 0 aromatic carbocycles. The predicted octanol–water partition coefficient (Wildman–Crippen LogP) is 3.48. The van der Waals surface area contributed by atoms with Gasteiger partial charge in [0.25, 0.3) is 0 Å². The van der Waals surface area contributed by atoms with Gasteiger partial charge in [0.15, 0.2) is 0 Å². The normalized spacial score (nSPS) is 17.1. The van der Waals surface area contributed by atoms with Gasteiger partial charge >= 0.3 is 5.97 Å². The van der Waals surface area contributed by atoms with E-state index >= 15 is 0 Å². The third-order valence-corrected chi connectivity index (χ3v) is 4.70. The maximum absolute atomic E-state index is 12.6. The van der Waals surface area contributed by atoms with Crippen molar-refractivity contribution in [3.05, 3.63) is 0 Å². The zero-order valence-electron chi connectivity index (χ0n) is 14.1. The lowest BCUT2D eigenvalue weighted by molar-refractivity contribution is -0.168. The number of carbonyl (C=O) groups is 1. The van der Waals surface area contributed by atoms with Crippen LogP contribution in [0.1, 0.15) is 54.9 Å². The van der Waals surface area contributed by atoms with Gasteiger partial charge in [-0.2, -0.15) is 0 Å². The van der Waals surface area contributed by atoms with Crippen LogP contribution in [0.3, 0.4) is 0 Å². The van der Waals surface area contributed by atoms with Gasteiger partial charge in [-0.05, 0) is 44.2 Å². The van der Waals surface area contributed by atoms with Crippen LogP contribution in [0.4, 0.5) is 0 Å². The molecule has 1 N–H and O–H groups in total. The zero-order valence-corrected chi connectivity index (χ0v) is 14.1. The summed E-state index contributed by atoms with van der Waals surface area (Å²) in [4.78, 5) is 12.6. The Kier molecular flexibility index (Phi) is 7.06. The lowest BCUT2D eigenvalue weighted by Crippen LogP contribution is -2.48. The molecular formula is C16H33NO2. The minimum Gasteiger partial charge on any atom is -0.465 e. The average Bonchev–Trinajstić information content (AvgIpc) is 2.30. The van der Waals surface area contributed by atoms with Crippen molar-refractivity contribution in [2.24, 2.45) is 22.7 Å². The van der Waals surface area contributed by atoms with Crippen molar-refractivity contribution >= 4 is 5.97 Å². The van der Waals surface area contributed by atoms with Gasteiger partial charge in [0.2, 0.25) is 0 Å². The maximum atomic E-state index is 12.6. The van der Waals surface area contributed by atoms with E-state index in [-0.39, 0.29) is 17.3 Å². The molecular weight excluding hydrogens is 238 g/mol. The fourth-order valence-corrected chi connectivity index (χ4v) is 2.41. The molecule has 0 radical (unpaired) electrons. The van der Waals surface area contributed by atoms with Crippen molar-refractivity contribution in [1.29, 1.82) is 0 Å². The highest BCUT2D eigenvalue weighted by atomic mass is 16.5. The molecule has 0 saturated carbocycles. The van der Waals surface area contributed by atoms with Crippen molar-refractivity contribution in [3.8, 4) is 0 Å². The second-order valence-electron chi connectivity index (χ2n) is 7.08. The zero-order chi connectivity index (χ0) is 15.3. The fraction of sp³-hybridized carbons (Fsp3) is 0.938. The second-order valence-corrected chi connectivity index (χ2v) is 7.08. The first-order valence-corrected chi connectivity index (χ1v) is 7.40. The molecule has 0 aliphatic carbocycles. The quantitative estimate of drug-likeness (QED) is 0.569. The summed E-state index contributed by atoms with van der Waals surface area (Å²) in [5.41, 5.74) is -0.572. The van der Waals surface area contributed by atoms with Crippen LogP contribution in [-0.2, 0) is 9.53 Å². The monoisotopic (exact) mass is 271 g/mol. The number of esters is 1. The molecule has 0 amide bonds. The Balaban J connectivity index is 4.91. The Bertz CT molecular complexity index is 281. The van der Waals surface area contributed by atoms with Crippen molar-refractivity contribution in [2.45, 2.75) is 54.9 Å². The summed E-state index contributed by atoms with van der Waals surface area (Å²) < 4.78 is 5.53. The summed E-state index contributed by atoms with van der Waals surface area (Å²) in [7, 11) is 1.90. The first-order valence-electron chi connectivity index (χ1n) is 7.40. The minimum atomic E-state index is -0.458. The van der Waals surface area contributed by atoms with Crippen LogP contribution in [0.15, 0.2) is 0 Å². The van der Waals surface area contributed by atoms with E-state index in [1.807, 2.05) is 7.05 Å². The van der Waals surface area contributed by atoms with Crippen LogP contribution in [0.25, 0.3) is 0 Å². The lowest BCUT2D eigenvalue weighted by Gasteiger charge is -2.45. The number of carbonyl (C=O) groups excluding carboxylic acids is 1. The van der Waals surface area contributed by atoms with Gasteiger partial charge in [0, 0.05) is 0 Å². The number of hydrogen-bond acceptors (Lipinski definition) is 3. The van der Waals surface area contributed by atoms with Crippen LogP contribution < -0.4 is 5.32 Å². The molecule has 0 aromatic rings. The summed E-state index contributed by atoms with van der Waals surface area (Å²) in [5.74, 6) is 0.677. The molecule has 0 bridgehead atoms. The lowest BCUT2D eigenvalue weighted by atomic mass is 9.58. The molecule has 0 fully saturated rings. The largest absolute Gasteiger partial charge is 0.465 e. The highest BCUT2D eigenvalue weighted by Gasteiger charge is 2.50. The van der Waals surface area contributed by atoms with E-state index in [1.165, 1.54) is 0 Å². The van der Waals surface area contributed by atoms with Gasteiger partial charge in [-0.15, -0.1) is 0 Å². The third-order valence-electron chi connectivity index (χ3n) is 4.70. The summed E-state index contributed by atoms with van der Waals surface area (Å²) in [6.07, 6.45) is 0.860. The first-order chi connectivity index (χ1) is 8.59. The van der Waals surface area contributed by atoms with Crippen molar-refractivity contribution in [3.63, 3.8) is 0 Å². The highest BCUT2D eigenvalue weighted by Crippen LogP contribution is 2.48. The first kappa shape index (κ1) is 18.4. The van der Waals surface area contributed by atoms with E-state index in [2.05, 4.69) is 53.8 Å². The summed E-state index contributed by atoms with van der Waals surface area (Å²) in [5, 5.41) is 3.06. The van der Waals surface area contributed by atoms with Gasteiger partial charge in [-0.25, -0.2) is 0 Å². The molecule has 3 heteroatoms. The van der Waals surface area contributed by atoms with Gasteiger partial charge in [-0.1, -0.05) is 41.5 Å². The van der Waals surface area contributed by atoms with Crippen LogP contribution in [0.2, 0.25) is 0 Å². The van der Waals surface area contributed by atoms with E-state index in [0.29, 0.717) is 12.5 Å². The van der Waals surface area contributed by atoms with E-state index in [0.717, 1.165) is 13.0 Å². The van der Waals surface area contributed by atoms with Gasteiger partial charge in [-0.3, -0.25) is 4.79 Å². The van der Waals surface area contributed by atoms with Crippen LogP contribution >= 0.6 is 0 Å². The Hall–Kier alpha value is -0.570. The summed E-state index contributed by atoms with van der Waals surface area (Å²) in [6.45, 7) is 16.3. The Labute approximate surface area is 119 Å². The number of nitrogens with one attached hydrogen (secondary N) is 1. The SMILES string of the molecule is CNCCCOC(=O)C(C)(C(C)C(C)C)C(C)(C)C. The van der Waals surface area contributed by atoms with Gasteiger partial charge < -0.3 is 10.1 Å². The van der Waals surface area contributed by atoms with Crippen LogP contribution in [0, 0.1) is 22.7 Å². The summed E-state index contributed by atoms with van der Waals surface area (Å²) >= 11 is 0. The van der Waals surface area contributed by atoms with Gasteiger partial charge in [0.1, 0.15) is 0 Å². The molecule has 19 heavy (non-hydrogen) atoms. The molecule has 3 nitrogen and oxygen atoms in total. The molecule has 0 heterocycles. The van der Waals surface area contributed by atoms with E-state index in [9.17, 15) is 4.79 Å². The smallest absolute Gasteiger partial charge is 0.312 e. The summed E-state index contributed by atoms with van der Waals surface area (Å²) in [6, 6.07) is 0. The average molecular weight is 271 g/mol. The van der Waals surface area contributed by atoms with E-state index in [1.54, 1.807) is 0 Å². The molecule has 0 aliphatic rings. The number of rotatable bonds is 7. The number of ether oxygens (including phenoxy) is 1. The van der Waals surface area contributed by atoms with Crippen molar-refractivity contribution in [2.75, 3.05) is 20.2 Å². The number of hydrogen-bond donors (Lipinski definition) is 1. The van der Waals surface area contributed by atoms with Crippen molar-refractivity contribution in [1.82, 2.24) is 5.32 Å². The Morgan fingerprint density at radius 2 is 1.68 bits per heavy atom. The fourth-order valence-electron chi connectivity index (χ4n) is 2.41. The maximum Gasteiger partial charge on any atom is 0.312 e. The van der Waals surface area contributed by atoms with Crippen LogP contribution in [-0.4, -0.2) is 26.2 Å². The third kappa shape index (κ3) is 4.48. The molecule has 2 atom stereocenters. The Morgan fingerprint density at radius 3 is 2.05 bits per heavy atom. The van der Waals surface area contributed by atoms with E-state index < -0.39 is 5.41 Å². The van der Waals surface area contributed by atoms with Crippen molar-refractivity contribution < 1.29 is 9.53 Å². The molecule has 0 aliphatic heterocycles. The standard InChI is InChI=1S/C16H33NO2/c1-12(2)13(3)16(7,15(4,5)6)14(18)19-11-9-10-17-8/h12-13,17H,9-11H2,1-8H3. The topological polar surface area (TPSA) is 38.3 Å². The molecule has 114 valence electrons. The molecule has 0 spiro atoms. The molecule has 0 saturated heterocycles. The van der Waals surface area contributed by atoms with Gasteiger partial charge in [0.05, 0.1) is 12.0 Å². The Morgan fingerprint density at radius 1 is 1.16 bits per heavy atom.